The molecule has 20 heavy (non-hydrogen) atoms. The molecule has 0 bridgehead atoms. The summed E-state index contributed by atoms with van der Waals surface area (Å²) in [6.07, 6.45) is 7.94. The molecule has 1 aromatic rings. The lowest BCUT2D eigenvalue weighted by atomic mass is 9.75. The van der Waals surface area contributed by atoms with Crippen molar-refractivity contribution in [2.45, 2.75) is 51.9 Å². The molecule has 2 N–H and O–H groups in total. The lowest BCUT2D eigenvalue weighted by Gasteiger charge is -2.32. The zero-order chi connectivity index (χ0) is 14.0. The Morgan fingerprint density at radius 3 is 2.80 bits per heavy atom. The summed E-state index contributed by atoms with van der Waals surface area (Å²) < 4.78 is 0. The SMILES string of the molecule is CC1(C(=O)Nc2ccc3c(c2)CCCN3)CCCCC1. The fourth-order valence-corrected chi connectivity index (χ4v) is 3.39. The summed E-state index contributed by atoms with van der Waals surface area (Å²) in [4.78, 5) is 12.5. The van der Waals surface area contributed by atoms with E-state index in [1.165, 1.54) is 36.9 Å². The van der Waals surface area contributed by atoms with Gasteiger partial charge in [0.1, 0.15) is 0 Å². The lowest BCUT2D eigenvalue weighted by Crippen LogP contribution is -2.35. The quantitative estimate of drug-likeness (QED) is 0.855. The molecule has 0 aromatic heterocycles. The van der Waals surface area contributed by atoms with Gasteiger partial charge in [0.15, 0.2) is 0 Å². The Bertz CT molecular complexity index is 504. The van der Waals surface area contributed by atoms with Crippen LogP contribution in [-0.2, 0) is 11.2 Å². The number of hydrogen-bond donors (Lipinski definition) is 2. The van der Waals surface area contributed by atoms with E-state index >= 15 is 0 Å². The van der Waals surface area contributed by atoms with E-state index in [1.54, 1.807) is 0 Å². The normalized spacial score (nSPS) is 20.6. The molecule has 0 spiro atoms. The van der Waals surface area contributed by atoms with Gasteiger partial charge in [-0.1, -0.05) is 26.2 Å². The monoisotopic (exact) mass is 272 g/mol. The van der Waals surface area contributed by atoms with Gasteiger partial charge in [-0.2, -0.15) is 0 Å². The number of fused-ring (bicyclic) bond motifs is 1. The van der Waals surface area contributed by atoms with Crippen molar-refractivity contribution in [3.63, 3.8) is 0 Å². The van der Waals surface area contributed by atoms with Crippen LogP contribution in [0.5, 0.6) is 0 Å². The Morgan fingerprint density at radius 1 is 1.20 bits per heavy atom. The minimum absolute atomic E-state index is 0.174. The molecule has 0 radical (unpaired) electrons. The highest BCUT2D eigenvalue weighted by atomic mass is 16.2. The third-order valence-corrected chi connectivity index (χ3v) is 4.81. The predicted octanol–water partition coefficient (Wildman–Crippen LogP) is 3.95. The lowest BCUT2D eigenvalue weighted by molar-refractivity contribution is -0.126. The Balaban J connectivity index is 1.72. The van der Waals surface area contributed by atoms with Crippen molar-refractivity contribution < 1.29 is 4.79 Å². The zero-order valence-electron chi connectivity index (χ0n) is 12.3. The van der Waals surface area contributed by atoms with Crippen LogP contribution in [0.25, 0.3) is 0 Å². The second kappa shape index (κ2) is 5.47. The van der Waals surface area contributed by atoms with Crippen LogP contribution in [0.1, 0.15) is 51.0 Å². The van der Waals surface area contributed by atoms with Crippen LogP contribution >= 0.6 is 0 Å². The molecule has 3 rings (SSSR count). The molecule has 1 aliphatic carbocycles. The minimum Gasteiger partial charge on any atom is -0.385 e. The summed E-state index contributed by atoms with van der Waals surface area (Å²) in [7, 11) is 0. The molecule has 0 unspecified atom stereocenters. The van der Waals surface area contributed by atoms with Crippen LogP contribution in [0.4, 0.5) is 11.4 Å². The minimum atomic E-state index is -0.174. The fraction of sp³-hybridized carbons (Fsp3) is 0.588. The molecular weight excluding hydrogens is 248 g/mol. The Hall–Kier alpha value is -1.51. The summed E-state index contributed by atoms with van der Waals surface area (Å²) in [5.41, 5.74) is 3.32. The van der Waals surface area contributed by atoms with Crippen LogP contribution in [0.15, 0.2) is 18.2 Å². The molecule has 2 aliphatic rings. The molecule has 1 saturated carbocycles. The third kappa shape index (κ3) is 2.67. The number of benzene rings is 1. The summed E-state index contributed by atoms with van der Waals surface area (Å²) in [5, 5.41) is 6.54. The van der Waals surface area contributed by atoms with Gasteiger partial charge in [-0.05, 0) is 49.4 Å². The third-order valence-electron chi connectivity index (χ3n) is 4.81. The van der Waals surface area contributed by atoms with Gasteiger partial charge >= 0.3 is 0 Å². The number of nitrogens with one attached hydrogen (secondary N) is 2. The average molecular weight is 272 g/mol. The summed E-state index contributed by atoms with van der Waals surface area (Å²) in [5.74, 6) is 0.195. The van der Waals surface area contributed by atoms with Crippen molar-refractivity contribution >= 4 is 17.3 Å². The molecule has 3 nitrogen and oxygen atoms in total. The predicted molar refractivity (Wildman–Crippen MR) is 83.1 cm³/mol. The summed E-state index contributed by atoms with van der Waals surface area (Å²) in [6.45, 7) is 3.16. The van der Waals surface area contributed by atoms with E-state index in [4.69, 9.17) is 0 Å². The van der Waals surface area contributed by atoms with Crippen LogP contribution in [0, 0.1) is 5.41 Å². The Morgan fingerprint density at radius 2 is 2.00 bits per heavy atom. The molecule has 1 aliphatic heterocycles. The van der Waals surface area contributed by atoms with Crippen molar-refractivity contribution in [1.29, 1.82) is 0 Å². The van der Waals surface area contributed by atoms with E-state index in [2.05, 4.69) is 29.7 Å². The van der Waals surface area contributed by atoms with Crippen LogP contribution in [0.3, 0.4) is 0 Å². The molecule has 108 valence electrons. The first-order chi connectivity index (χ1) is 9.67. The molecule has 1 fully saturated rings. The topological polar surface area (TPSA) is 41.1 Å². The fourth-order valence-electron chi connectivity index (χ4n) is 3.39. The van der Waals surface area contributed by atoms with Gasteiger partial charge in [-0.3, -0.25) is 4.79 Å². The van der Waals surface area contributed by atoms with Crippen molar-refractivity contribution in [2.75, 3.05) is 17.2 Å². The zero-order valence-corrected chi connectivity index (χ0v) is 12.3. The molecule has 3 heteroatoms. The van der Waals surface area contributed by atoms with E-state index in [0.717, 1.165) is 31.5 Å². The van der Waals surface area contributed by atoms with E-state index in [-0.39, 0.29) is 11.3 Å². The van der Waals surface area contributed by atoms with Gasteiger partial charge < -0.3 is 10.6 Å². The maximum atomic E-state index is 12.5. The van der Waals surface area contributed by atoms with Gasteiger partial charge in [-0.15, -0.1) is 0 Å². The summed E-state index contributed by atoms with van der Waals surface area (Å²) >= 11 is 0. The number of hydrogen-bond acceptors (Lipinski definition) is 2. The molecule has 1 aromatic carbocycles. The number of amides is 1. The van der Waals surface area contributed by atoms with Crippen molar-refractivity contribution in [3.05, 3.63) is 23.8 Å². The van der Waals surface area contributed by atoms with E-state index in [9.17, 15) is 4.79 Å². The first-order valence-electron chi connectivity index (χ1n) is 7.86. The smallest absolute Gasteiger partial charge is 0.230 e. The highest BCUT2D eigenvalue weighted by molar-refractivity contribution is 5.95. The molecular formula is C17H24N2O. The number of carbonyl (C=O) groups excluding carboxylic acids is 1. The van der Waals surface area contributed by atoms with Gasteiger partial charge in [-0.25, -0.2) is 0 Å². The van der Waals surface area contributed by atoms with Gasteiger partial charge in [0, 0.05) is 23.3 Å². The number of anilines is 2. The van der Waals surface area contributed by atoms with E-state index in [0.29, 0.717) is 0 Å². The maximum absolute atomic E-state index is 12.5. The Kier molecular flexibility index (Phi) is 3.68. The number of rotatable bonds is 2. The van der Waals surface area contributed by atoms with E-state index in [1.807, 2.05) is 6.07 Å². The molecule has 1 heterocycles. The standard InChI is InChI=1S/C17H24N2O/c1-17(9-3-2-4-10-17)16(20)19-14-7-8-15-13(12-14)6-5-11-18-15/h7-8,12,18H,2-6,9-11H2,1H3,(H,19,20). The van der Waals surface area contributed by atoms with Crippen LogP contribution < -0.4 is 10.6 Å². The molecule has 1 amide bonds. The van der Waals surface area contributed by atoms with Crippen molar-refractivity contribution in [3.8, 4) is 0 Å². The van der Waals surface area contributed by atoms with E-state index < -0.39 is 0 Å². The number of aryl methyl sites for hydroxylation is 1. The Labute approximate surface area is 121 Å². The van der Waals surface area contributed by atoms with Crippen molar-refractivity contribution in [2.24, 2.45) is 5.41 Å². The first-order valence-corrected chi connectivity index (χ1v) is 7.86. The highest BCUT2D eigenvalue weighted by Crippen LogP contribution is 2.37. The highest BCUT2D eigenvalue weighted by Gasteiger charge is 2.34. The second-order valence-electron chi connectivity index (χ2n) is 6.48. The van der Waals surface area contributed by atoms with Gasteiger partial charge in [0.05, 0.1) is 0 Å². The van der Waals surface area contributed by atoms with Gasteiger partial charge in [0.2, 0.25) is 5.91 Å². The van der Waals surface area contributed by atoms with Gasteiger partial charge in [0.25, 0.3) is 0 Å². The maximum Gasteiger partial charge on any atom is 0.230 e. The first kappa shape index (κ1) is 13.5. The largest absolute Gasteiger partial charge is 0.385 e. The number of carbonyl (C=O) groups is 1. The van der Waals surface area contributed by atoms with Crippen LogP contribution in [-0.4, -0.2) is 12.5 Å². The van der Waals surface area contributed by atoms with Crippen LogP contribution in [0.2, 0.25) is 0 Å². The molecule has 0 saturated heterocycles. The second-order valence-corrected chi connectivity index (χ2v) is 6.48. The van der Waals surface area contributed by atoms with Crippen molar-refractivity contribution in [1.82, 2.24) is 0 Å². The molecule has 0 atom stereocenters. The summed E-state index contributed by atoms with van der Waals surface area (Å²) in [6, 6.07) is 6.24. The average Bonchev–Trinajstić information content (AvgIpc) is 2.48.